The normalized spacial score (nSPS) is 21.1. The number of para-hydroxylation sites is 2. The van der Waals surface area contributed by atoms with E-state index in [0.29, 0.717) is 37.6 Å². The van der Waals surface area contributed by atoms with Gasteiger partial charge in [-0.05, 0) is 18.6 Å². The molecule has 0 aromatic heterocycles. The van der Waals surface area contributed by atoms with Gasteiger partial charge in [0.1, 0.15) is 6.61 Å². The molecule has 0 bridgehead atoms. The molecule has 1 aliphatic rings. The highest BCUT2D eigenvalue weighted by Crippen LogP contribution is 2.25. The molecule has 1 aromatic rings. The fraction of sp³-hybridized carbons (Fsp3) is 0.533. The van der Waals surface area contributed by atoms with Crippen LogP contribution in [0.4, 0.5) is 0 Å². The van der Waals surface area contributed by atoms with Crippen LogP contribution >= 0.6 is 0 Å². The summed E-state index contributed by atoms with van der Waals surface area (Å²) < 4.78 is 10.8. The lowest BCUT2D eigenvalue weighted by atomic mass is 10.2. The minimum atomic E-state index is -0.433. The van der Waals surface area contributed by atoms with Gasteiger partial charge in [0, 0.05) is 13.6 Å². The van der Waals surface area contributed by atoms with Gasteiger partial charge < -0.3 is 24.8 Å². The number of aliphatic hydroxyl groups is 1. The van der Waals surface area contributed by atoms with Crippen molar-refractivity contribution in [1.82, 2.24) is 10.2 Å². The molecule has 2 N–H and O–H groups in total. The van der Waals surface area contributed by atoms with Gasteiger partial charge in [-0.1, -0.05) is 12.1 Å². The second kappa shape index (κ2) is 7.28. The molecule has 0 spiro atoms. The van der Waals surface area contributed by atoms with Gasteiger partial charge in [-0.15, -0.1) is 0 Å². The summed E-state index contributed by atoms with van der Waals surface area (Å²) in [5, 5.41) is 12.5. The third-order valence-electron chi connectivity index (χ3n) is 3.54. The van der Waals surface area contributed by atoms with E-state index in [1.807, 2.05) is 24.3 Å². The number of methoxy groups -OCH3 is 1. The summed E-state index contributed by atoms with van der Waals surface area (Å²) in [5.41, 5.74) is 0. The van der Waals surface area contributed by atoms with Crippen LogP contribution in [0.5, 0.6) is 11.5 Å². The predicted octanol–water partition coefficient (Wildman–Crippen LogP) is 0.255. The van der Waals surface area contributed by atoms with Gasteiger partial charge in [0.05, 0.1) is 25.8 Å². The minimum absolute atomic E-state index is 0.0184. The molecule has 0 aliphatic carbocycles. The number of ether oxygens (including phenoxy) is 2. The quantitative estimate of drug-likeness (QED) is 0.787. The highest BCUT2D eigenvalue weighted by molar-refractivity contribution is 5.82. The molecule has 1 amide bonds. The monoisotopic (exact) mass is 294 g/mol. The molecular formula is C15H22N2O4. The maximum absolute atomic E-state index is 12.1. The summed E-state index contributed by atoms with van der Waals surface area (Å²) >= 11 is 0. The van der Waals surface area contributed by atoms with Gasteiger partial charge >= 0.3 is 0 Å². The van der Waals surface area contributed by atoms with Crippen LogP contribution in [0.1, 0.15) is 6.42 Å². The summed E-state index contributed by atoms with van der Waals surface area (Å²) in [6.45, 7) is 1.34. The van der Waals surface area contributed by atoms with Crippen LogP contribution < -0.4 is 14.8 Å². The van der Waals surface area contributed by atoms with Crippen molar-refractivity contribution in [1.29, 1.82) is 0 Å². The van der Waals surface area contributed by atoms with E-state index in [1.165, 1.54) is 0 Å². The van der Waals surface area contributed by atoms with Crippen molar-refractivity contribution in [2.45, 2.75) is 18.6 Å². The van der Waals surface area contributed by atoms with Gasteiger partial charge in [-0.25, -0.2) is 0 Å². The molecular weight excluding hydrogens is 272 g/mol. The Labute approximate surface area is 124 Å². The first-order valence-electron chi connectivity index (χ1n) is 7.04. The first kappa shape index (κ1) is 15.6. The molecule has 0 saturated carbocycles. The Kier molecular flexibility index (Phi) is 5.41. The second-order valence-corrected chi connectivity index (χ2v) is 5.11. The lowest BCUT2D eigenvalue weighted by Gasteiger charge is -2.21. The fourth-order valence-corrected chi connectivity index (χ4v) is 2.31. The van der Waals surface area contributed by atoms with E-state index in [2.05, 4.69) is 5.32 Å². The minimum Gasteiger partial charge on any atom is -0.493 e. The van der Waals surface area contributed by atoms with Crippen molar-refractivity contribution in [3.05, 3.63) is 24.3 Å². The third-order valence-corrected chi connectivity index (χ3v) is 3.54. The van der Waals surface area contributed by atoms with Crippen molar-refractivity contribution in [3.8, 4) is 11.5 Å². The molecule has 116 valence electrons. The molecule has 2 atom stereocenters. The zero-order valence-corrected chi connectivity index (χ0v) is 12.4. The Bertz CT molecular complexity index is 480. The summed E-state index contributed by atoms with van der Waals surface area (Å²) in [7, 11) is 3.33. The fourth-order valence-electron chi connectivity index (χ4n) is 2.31. The van der Waals surface area contributed by atoms with Crippen LogP contribution in [-0.2, 0) is 4.79 Å². The molecule has 1 heterocycles. The van der Waals surface area contributed by atoms with E-state index in [-0.39, 0.29) is 11.9 Å². The number of rotatable bonds is 6. The molecule has 1 saturated heterocycles. The molecule has 0 unspecified atom stereocenters. The number of hydrogen-bond donors (Lipinski definition) is 2. The Morgan fingerprint density at radius 2 is 2.14 bits per heavy atom. The van der Waals surface area contributed by atoms with E-state index in [4.69, 9.17) is 9.47 Å². The number of nitrogens with zero attached hydrogens (tertiary/aromatic N) is 1. The molecule has 1 aromatic carbocycles. The molecule has 6 heteroatoms. The Morgan fingerprint density at radius 1 is 1.43 bits per heavy atom. The van der Waals surface area contributed by atoms with Crippen molar-refractivity contribution in [2.24, 2.45) is 0 Å². The summed E-state index contributed by atoms with van der Waals surface area (Å²) in [6, 6.07) is 7.11. The van der Waals surface area contributed by atoms with Gasteiger partial charge in [-0.3, -0.25) is 4.79 Å². The number of carbonyl (C=O) groups excluding carboxylic acids is 1. The Morgan fingerprint density at radius 3 is 2.76 bits per heavy atom. The number of nitrogens with one attached hydrogen (secondary N) is 1. The molecule has 2 rings (SSSR count). The Balaban J connectivity index is 1.78. The van der Waals surface area contributed by atoms with E-state index >= 15 is 0 Å². The van der Waals surface area contributed by atoms with Gasteiger partial charge in [0.15, 0.2) is 11.5 Å². The molecule has 0 radical (unpaired) electrons. The van der Waals surface area contributed by atoms with Gasteiger partial charge in [-0.2, -0.15) is 0 Å². The second-order valence-electron chi connectivity index (χ2n) is 5.11. The highest BCUT2D eigenvalue weighted by atomic mass is 16.5. The van der Waals surface area contributed by atoms with E-state index in [0.717, 1.165) is 0 Å². The average molecular weight is 294 g/mol. The largest absolute Gasteiger partial charge is 0.493 e. The van der Waals surface area contributed by atoms with Crippen molar-refractivity contribution in [2.75, 3.05) is 33.9 Å². The van der Waals surface area contributed by atoms with E-state index in [9.17, 15) is 9.90 Å². The summed E-state index contributed by atoms with van der Waals surface area (Å²) in [5.74, 6) is 1.32. The molecule has 1 fully saturated rings. The van der Waals surface area contributed by atoms with E-state index < -0.39 is 6.10 Å². The third kappa shape index (κ3) is 4.09. The van der Waals surface area contributed by atoms with Crippen LogP contribution in [0.3, 0.4) is 0 Å². The lowest BCUT2D eigenvalue weighted by molar-refractivity contribution is -0.132. The molecule has 6 nitrogen and oxygen atoms in total. The SMILES string of the molecule is COc1ccccc1OCCN(C)C(=O)[C@@H]1C[C@H](O)CN1. The summed E-state index contributed by atoms with van der Waals surface area (Å²) in [4.78, 5) is 13.7. The maximum atomic E-state index is 12.1. The van der Waals surface area contributed by atoms with Crippen molar-refractivity contribution < 1.29 is 19.4 Å². The van der Waals surface area contributed by atoms with Crippen LogP contribution in [0.2, 0.25) is 0 Å². The van der Waals surface area contributed by atoms with Gasteiger partial charge in [0.25, 0.3) is 0 Å². The van der Waals surface area contributed by atoms with Crippen molar-refractivity contribution in [3.63, 3.8) is 0 Å². The molecule has 1 aliphatic heterocycles. The van der Waals surface area contributed by atoms with Crippen LogP contribution in [-0.4, -0.2) is 61.9 Å². The van der Waals surface area contributed by atoms with Crippen LogP contribution in [0.25, 0.3) is 0 Å². The van der Waals surface area contributed by atoms with E-state index in [1.54, 1.807) is 19.1 Å². The number of amides is 1. The van der Waals surface area contributed by atoms with Crippen LogP contribution in [0.15, 0.2) is 24.3 Å². The highest BCUT2D eigenvalue weighted by Gasteiger charge is 2.29. The zero-order valence-electron chi connectivity index (χ0n) is 12.4. The number of β-amino-alcohol motifs (C(OH)–C–C–N with tert-alkyl or cyclic N) is 1. The first-order chi connectivity index (χ1) is 10.1. The standard InChI is InChI=1S/C15H22N2O4/c1-17(15(19)12-9-11(18)10-16-12)7-8-21-14-6-4-3-5-13(14)20-2/h3-6,11-12,16,18H,7-10H2,1-2H3/t11-,12-/m0/s1. The van der Waals surface area contributed by atoms with Crippen LogP contribution in [0, 0.1) is 0 Å². The predicted molar refractivity (Wildman–Crippen MR) is 78.5 cm³/mol. The number of carbonyl (C=O) groups is 1. The van der Waals surface area contributed by atoms with Crippen molar-refractivity contribution >= 4 is 5.91 Å². The maximum Gasteiger partial charge on any atom is 0.239 e. The smallest absolute Gasteiger partial charge is 0.239 e. The number of benzene rings is 1. The summed E-state index contributed by atoms with van der Waals surface area (Å²) in [6.07, 6.45) is 0.0356. The number of likely N-dealkylation sites (N-methyl/N-ethyl adjacent to an activating group) is 1. The lowest BCUT2D eigenvalue weighted by Crippen LogP contribution is -2.43. The molecule has 21 heavy (non-hydrogen) atoms. The Hall–Kier alpha value is -1.79. The number of hydrogen-bond acceptors (Lipinski definition) is 5. The number of aliphatic hydroxyl groups excluding tert-OH is 1. The zero-order chi connectivity index (χ0) is 15.2. The topological polar surface area (TPSA) is 71.0 Å². The van der Waals surface area contributed by atoms with Gasteiger partial charge in [0.2, 0.25) is 5.91 Å². The first-order valence-corrected chi connectivity index (χ1v) is 7.04. The average Bonchev–Trinajstić information content (AvgIpc) is 2.93.